The molecule has 4 rings (SSSR count). The smallest absolute Gasteiger partial charge is 0.281 e. The number of fused-ring (bicyclic) bond motifs is 1. The molecule has 6 nitrogen and oxygen atoms in total. The van der Waals surface area contributed by atoms with E-state index in [0.717, 1.165) is 43.6 Å². The van der Waals surface area contributed by atoms with Gasteiger partial charge in [0.05, 0.1) is 5.56 Å². The number of carbonyl (C=O) groups excluding carboxylic acids is 1. The third-order valence-corrected chi connectivity index (χ3v) is 5.60. The largest absolute Gasteiger partial charge is 0.368 e. The number of hydrogen-bond donors (Lipinski definition) is 2. The molecule has 0 radical (unpaired) electrons. The summed E-state index contributed by atoms with van der Waals surface area (Å²) in [5, 5.41) is 6.55. The third-order valence-electron chi connectivity index (χ3n) is 5.60. The van der Waals surface area contributed by atoms with Gasteiger partial charge in [-0.1, -0.05) is 13.0 Å². The Hall–Kier alpha value is -3.03. The van der Waals surface area contributed by atoms with Crippen molar-refractivity contribution in [1.29, 1.82) is 0 Å². The topological polar surface area (TPSA) is 71.3 Å². The van der Waals surface area contributed by atoms with Gasteiger partial charge in [-0.05, 0) is 56.4 Å². The number of anilines is 1. The van der Waals surface area contributed by atoms with Crippen LogP contribution in [0.3, 0.4) is 0 Å². The summed E-state index contributed by atoms with van der Waals surface area (Å²) >= 11 is 0. The minimum absolute atomic E-state index is 0.0933. The Morgan fingerprint density at radius 3 is 2.60 bits per heavy atom. The third kappa shape index (κ3) is 4.42. The Bertz CT molecular complexity index is 1010. The normalized spacial score (nSPS) is 19.2. The predicted molar refractivity (Wildman–Crippen MR) is 111 cm³/mol. The Kier molecular flexibility index (Phi) is 5.92. The van der Waals surface area contributed by atoms with Gasteiger partial charge < -0.3 is 10.6 Å². The van der Waals surface area contributed by atoms with Gasteiger partial charge in [-0.15, -0.1) is 0 Å². The SMILES string of the molecule is CCc1ccc(C(=O)NC2CCC(Nc3cccc4nc(C(F)F)cn34)CC2)cn1. The molecule has 2 N–H and O–H groups in total. The monoisotopic (exact) mass is 413 g/mol. The summed E-state index contributed by atoms with van der Waals surface area (Å²) in [5.74, 6) is 0.658. The summed E-state index contributed by atoms with van der Waals surface area (Å²) in [7, 11) is 0. The van der Waals surface area contributed by atoms with E-state index in [1.54, 1.807) is 16.7 Å². The molecule has 1 saturated carbocycles. The van der Waals surface area contributed by atoms with Crippen LogP contribution in [0.2, 0.25) is 0 Å². The van der Waals surface area contributed by atoms with Crippen LogP contribution in [-0.2, 0) is 6.42 Å². The molecule has 1 amide bonds. The molecule has 1 aliphatic rings. The first kappa shape index (κ1) is 20.3. The van der Waals surface area contributed by atoms with Gasteiger partial charge in [0, 0.05) is 30.2 Å². The van der Waals surface area contributed by atoms with Crippen LogP contribution in [0.15, 0.2) is 42.7 Å². The molecular formula is C22H25F2N5O. The summed E-state index contributed by atoms with van der Waals surface area (Å²) in [6.45, 7) is 2.03. The lowest BCUT2D eigenvalue weighted by Crippen LogP contribution is -2.40. The van der Waals surface area contributed by atoms with E-state index >= 15 is 0 Å². The van der Waals surface area contributed by atoms with Crippen molar-refractivity contribution in [3.8, 4) is 0 Å². The number of nitrogens with zero attached hydrogens (tertiary/aromatic N) is 3. The van der Waals surface area contributed by atoms with E-state index in [1.807, 2.05) is 31.2 Å². The van der Waals surface area contributed by atoms with Crippen LogP contribution >= 0.6 is 0 Å². The maximum atomic E-state index is 13.0. The minimum Gasteiger partial charge on any atom is -0.368 e. The zero-order valence-corrected chi connectivity index (χ0v) is 16.8. The Morgan fingerprint density at radius 1 is 1.17 bits per heavy atom. The van der Waals surface area contributed by atoms with Crippen molar-refractivity contribution in [2.75, 3.05) is 5.32 Å². The van der Waals surface area contributed by atoms with Crippen LogP contribution in [0.25, 0.3) is 5.65 Å². The number of imidazole rings is 1. The number of alkyl halides is 2. The van der Waals surface area contributed by atoms with Gasteiger partial charge in [0.25, 0.3) is 12.3 Å². The number of halogens is 2. The van der Waals surface area contributed by atoms with E-state index < -0.39 is 6.43 Å². The van der Waals surface area contributed by atoms with Crippen LogP contribution in [-0.4, -0.2) is 32.4 Å². The lowest BCUT2D eigenvalue weighted by atomic mass is 9.91. The number of aryl methyl sites for hydroxylation is 1. The molecule has 0 bridgehead atoms. The summed E-state index contributed by atoms with van der Waals surface area (Å²) in [4.78, 5) is 20.7. The fourth-order valence-electron chi connectivity index (χ4n) is 3.88. The molecule has 0 unspecified atom stereocenters. The van der Waals surface area contributed by atoms with Crippen molar-refractivity contribution in [3.05, 3.63) is 59.7 Å². The van der Waals surface area contributed by atoms with Crippen molar-refractivity contribution < 1.29 is 13.6 Å². The first-order valence-electron chi connectivity index (χ1n) is 10.3. The Morgan fingerprint density at radius 2 is 1.93 bits per heavy atom. The van der Waals surface area contributed by atoms with E-state index in [1.165, 1.54) is 6.20 Å². The Labute approximate surface area is 173 Å². The molecule has 1 fully saturated rings. The second-order valence-electron chi connectivity index (χ2n) is 7.66. The number of hydrogen-bond acceptors (Lipinski definition) is 4. The average Bonchev–Trinajstić information content (AvgIpc) is 3.21. The molecule has 3 heterocycles. The highest BCUT2D eigenvalue weighted by Gasteiger charge is 2.23. The van der Waals surface area contributed by atoms with E-state index in [0.29, 0.717) is 11.2 Å². The number of nitrogens with one attached hydrogen (secondary N) is 2. The highest BCUT2D eigenvalue weighted by Crippen LogP contribution is 2.25. The first-order chi connectivity index (χ1) is 14.5. The van der Waals surface area contributed by atoms with Crippen LogP contribution in [0.5, 0.6) is 0 Å². The number of aromatic nitrogens is 3. The van der Waals surface area contributed by atoms with Crippen molar-refractivity contribution in [1.82, 2.24) is 19.7 Å². The maximum Gasteiger partial charge on any atom is 0.281 e. The maximum absolute atomic E-state index is 13.0. The lowest BCUT2D eigenvalue weighted by molar-refractivity contribution is 0.0926. The molecule has 0 aromatic carbocycles. The van der Waals surface area contributed by atoms with Gasteiger partial charge >= 0.3 is 0 Å². The van der Waals surface area contributed by atoms with E-state index in [-0.39, 0.29) is 23.7 Å². The summed E-state index contributed by atoms with van der Waals surface area (Å²) < 4.78 is 27.6. The molecular weight excluding hydrogens is 388 g/mol. The van der Waals surface area contributed by atoms with Crippen LogP contribution in [0, 0.1) is 0 Å². The highest BCUT2D eigenvalue weighted by molar-refractivity contribution is 5.94. The van der Waals surface area contributed by atoms with Crippen LogP contribution in [0.4, 0.5) is 14.6 Å². The second-order valence-corrected chi connectivity index (χ2v) is 7.66. The molecule has 158 valence electrons. The van der Waals surface area contributed by atoms with Gasteiger partial charge in [-0.2, -0.15) is 0 Å². The van der Waals surface area contributed by atoms with Crippen molar-refractivity contribution in [3.63, 3.8) is 0 Å². The van der Waals surface area contributed by atoms with Crippen LogP contribution < -0.4 is 10.6 Å². The molecule has 3 aromatic heterocycles. The fraction of sp³-hybridized carbons (Fsp3) is 0.409. The molecule has 8 heteroatoms. The quantitative estimate of drug-likeness (QED) is 0.629. The zero-order valence-electron chi connectivity index (χ0n) is 16.8. The number of carbonyl (C=O) groups is 1. The summed E-state index contributed by atoms with van der Waals surface area (Å²) in [5.41, 5.74) is 1.82. The fourth-order valence-corrected chi connectivity index (χ4v) is 3.88. The number of pyridine rings is 2. The zero-order chi connectivity index (χ0) is 21.1. The predicted octanol–water partition coefficient (Wildman–Crippen LogP) is 4.38. The minimum atomic E-state index is -2.59. The number of amides is 1. The second kappa shape index (κ2) is 8.77. The van der Waals surface area contributed by atoms with Crippen LogP contribution in [0.1, 0.15) is 60.8 Å². The molecule has 30 heavy (non-hydrogen) atoms. The van der Waals surface area contributed by atoms with Crippen molar-refractivity contribution >= 4 is 17.4 Å². The number of rotatable bonds is 6. The Balaban J connectivity index is 1.33. The van der Waals surface area contributed by atoms with Crippen molar-refractivity contribution in [2.24, 2.45) is 0 Å². The molecule has 0 aliphatic heterocycles. The van der Waals surface area contributed by atoms with Gasteiger partial charge in [-0.25, -0.2) is 13.8 Å². The van der Waals surface area contributed by atoms with E-state index in [4.69, 9.17) is 0 Å². The van der Waals surface area contributed by atoms with Gasteiger partial charge in [0.1, 0.15) is 17.2 Å². The van der Waals surface area contributed by atoms with Crippen molar-refractivity contribution in [2.45, 2.75) is 57.5 Å². The molecule has 0 spiro atoms. The van der Waals surface area contributed by atoms with Gasteiger partial charge in [0.2, 0.25) is 0 Å². The lowest BCUT2D eigenvalue weighted by Gasteiger charge is -2.30. The standard InChI is InChI=1S/C22H25F2N5O/c1-2-15-7-6-14(12-25-15)22(30)27-17-10-8-16(9-11-17)26-19-4-3-5-20-28-18(21(23)24)13-29(19)20/h3-7,12-13,16-17,21,26H,2,8-11H2,1H3,(H,27,30). The van der Waals surface area contributed by atoms with Gasteiger partial charge in [-0.3, -0.25) is 14.2 Å². The molecule has 1 aliphatic carbocycles. The average molecular weight is 413 g/mol. The van der Waals surface area contributed by atoms with E-state index in [2.05, 4.69) is 20.6 Å². The van der Waals surface area contributed by atoms with E-state index in [9.17, 15) is 13.6 Å². The summed E-state index contributed by atoms with van der Waals surface area (Å²) in [6, 6.07) is 9.42. The molecule has 0 atom stereocenters. The van der Waals surface area contributed by atoms with Gasteiger partial charge in [0.15, 0.2) is 0 Å². The summed E-state index contributed by atoms with van der Waals surface area (Å²) in [6.07, 6.45) is 4.72. The highest BCUT2D eigenvalue weighted by atomic mass is 19.3. The first-order valence-corrected chi connectivity index (χ1v) is 10.3. The molecule has 3 aromatic rings. The molecule has 0 saturated heterocycles.